The van der Waals surface area contributed by atoms with Gasteiger partial charge in [-0.15, -0.1) is 0 Å². The number of amides is 2. The number of benzene rings is 2. The number of carbonyl (C=O) groups excluding carboxylic acids is 2. The summed E-state index contributed by atoms with van der Waals surface area (Å²) >= 11 is 6.04. The van der Waals surface area contributed by atoms with Gasteiger partial charge in [0, 0.05) is 25.6 Å². The molecule has 0 heterocycles. The van der Waals surface area contributed by atoms with Crippen molar-refractivity contribution >= 4 is 34.8 Å². The van der Waals surface area contributed by atoms with E-state index < -0.39 is 0 Å². The van der Waals surface area contributed by atoms with Crippen LogP contribution in [0.2, 0.25) is 5.02 Å². The Labute approximate surface area is 147 Å². The fourth-order valence-electron chi connectivity index (χ4n) is 2.46. The smallest absolute Gasteiger partial charge is 0.226 e. The molecule has 24 heavy (non-hydrogen) atoms. The Morgan fingerprint density at radius 2 is 1.79 bits per heavy atom. The van der Waals surface area contributed by atoms with Gasteiger partial charge in [0.25, 0.3) is 0 Å². The van der Waals surface area contributed by atoms with Crippen LogP contribution in [0.5, 0.6) is 0 Å². The summed E-state index contributed by atoms with van der Waals surface area (Å²) in [4.78, 5) is 25.8. The first kappa shape index (κ1) is 18.0. The molecule has 0 radical (unpaired) electrons. The number of hydrogen-bond donors (Lipinski definition) is 1. The van der Waals surface area contributed by atoms with Crippen molar-refractivity contribution in [2.75, 3.05) is 16.8 Å². The molecule has 2 aromatic rings. The summed E-state index contributed by atoms with van der Waals surface area (Å²) in [7, 11) is 0. The third-order valence-electron chi connectivity index (χ3n) is 3.96. The summed E-state index contributed by atoms with van der Waals surface area (Å²) in [6, 6.07) is 12.9. The second kappa shape index (κ2) is 7.97. The van der Waals surface area contributed by atoms with Crippen LogP contribution in [-0.4, -0.2) is 18.4 Å². The normalized spacial score (nSPS) is 10.3. The van der Waals surface area contributed by atoms with Crippen molar-refractivity contribution < 1.29 is 9.59 Å². The third kappa shape index (κ3) is 4.36. The van der Waals surface area contributed by atoms with Gasteiger partial charge in [-0.05, 0) is 43.2 Å². The van der Waals surface area contributed by atoms with E-state index in [1.54, 1.807) is 29.2 Å². The quantitative estimate of drug-likeness (QED) is 0.877. The number of nitrogens with zero attached hydrogens (tertiary/aromatic N) is 1. The van der Waals surface area contributed by atoms with Gasteiger partial charge in [0.1, 0.15) is 0 Å². The number of para-hydroxylation sites is 1. The van der Waals surface area contributed by atoms with E-state index in [0.717, 1.165) is 16.8 Å². The van der Waals surface area contributed by atoms with Crippen LogP contribution in [0.4, 0.5) is 11.4 Å². The molecule has 1 N–H and O–H groups in total. The lowest BCUT2D eigenvalue weighted by Crippen LogP contribution is -2.32. The Balaban J connectivity index is 2.07. The van der Waals surface area contributed by atoms with Crippen molar-refractivity contribution in [2.24, 2.45) is 0 Å². The highest BCUT2D eigenvalue weighted by atomic mass is 35.5. The molecule has 0 aromatic heterocycles. The molecule has 0 atom stereocenters. The summed E-state index contributed by atoms with van der Waals surface area (Å²) in [6.07, 6.45) is 0.193. The lowest BCUT2D eigenvalue weighted by Gasteiger charge is -2.23. The summed E-state index contributed by atoms with van der Waals surface area (Å²) in [5, 5.41) is 3.26. The zero-order valence-corrected chi connectivity index (χ0v) is 14.9. The van der Waals surface area contributed by atoms with Gasteiger partial charge in [-0.25, -0.2) is 0 Å². The van der Waals surface area contributed by atoms with Crippen molar-refractivity contribution in [1.29, 1.82) is 0 Å². The monoisotopic (exact) mass is 344 g/mol. The number of hydrogen-bond acceptors (Lipinski definition) is 2. The largest absolute Gasteiger partial charge is 0.325 e. The van der Waals surface area contributed by atoms with Crippen LogP contribution in [-0.2, 0) is 9.59 Å². The average molecular weight is 345 g/mol. The molecule has 4 nitrogen and oxygen atoms in total. The molecule has 5 heteroatoms. The van der Waals surface area contributed by atoms with Gasteiger partial charge in [0.15, 0.2) is 0 Å². The minimum atomic E-state index is -0.181. The molecule has 0 aliphatic carbocycles. The molecule has 0 spiro atoms. The molecule has 2 amide bonds. The van der Waals surface area contributed by atoms with Gasteiger partial charge in [-0.1, -0.05) is 35.9 Å². The highest BCUT2D eigenvalue weighted by Gasteiger charge is 2.16. The van der Waals surface area contributed by atoms with Gasteiger partial charge in [-0.3, -0.25) is 9.59 Å². The van der Waals surface area contributed by atoms with Crippen molar-refractivity contribution in [3.05, 3.63) is 58.6 Å². The van der Waals surface area contributed by atoms with Gasteiger partial charge >= 0.3 is 0 Å². The van der Waals surface area contributed by atoms with Crippen LogP contribution in [0.25, 0.3) is 0 Å². The fourth-order valence-corrected chi connectivity index (χ4v) is 2.65. The fraction of sp³-hybridized carbons (Fsp3) is 0.263. The molecule has 2 rings (SSSR count). The van der Waals surface area contributed by atoms with Crippen LogP contribution in [0.3, 0.4) is 0 Å². The van der Waals surface area contributed by atoms with Gasteiger partial charge in [0.2, 0.25) is 11.8 Å². The summed E-state index contributed by atoms with van der Waals surface area (Å²) in [5.74, 6) is -0.270. The molecule has 126 valence electrons. The van der Waals surface area contributed by atoms with E-state index in [1.807, 2.05) is 32.0 Å². The molecule has 0 saturated carbocycles. The van der Waals surface area contributed by atoms with Gasteiger partial charge < -0.3 is 10.2 Å². The van der Waals surface area contributed by atoms with E-state index in [9.17, 15) is 9.59 Å². The molecule has 0 aliphatic rings. The number of anilines is 2. The Kier molecular flexibility index (Phi) is 5.99. The Morgan fingerprint density at radius 1 is 1.08 bits per heavy atom. The third-order valence-corrected chi connectivity index (χ3v) is 4.29. The number of aryl methyl sites for hydroxylation is 1. The van der Waals surface area contributed by atoms with E-state index >= 15 is 0 Å². The number of nitrogens with one attached hydrogen (secondary N) is 1. The molecule has 0 saturated heterocycles. The van der Waals surface area contributed by atoms with Crippen molar-refractivity contribution in [3.63, 3.8) is 0 Å². The first-order valence-corrected chi connectivity index (χ1v) is 8.16. The predicted molar refractivity (Wildman–Crippen MR) is 98.6 cm³/mol. The maximum absolute atomic E-state index is 12.2. The van der Waals surface area contributed by atoms with Crippen molar-refractivity contribution in [3.8, 4) is 0 Å². The summed E-state index contributed by atoms with van der Waals surface area (Å²) in [6.45, 7) is 5.80. The molecule has 0 fully saturated rings. The zero-order chi connectivity index (χ0) is 17.7. The van der Waals surface area contributed by atoms with Crippen LogP contribution in [0.1, 0.15) is 24.5 Å². The maximum Gasteiger partial charge on any atom is 0.226 e. The van der Waals surface area contributed by atoms with Crippen molar-refractivity contribution in [2.45, 2.75) is 27.2 Å². The first-order valence-electron chi connectivity index (χ1n) is 7.79. The Bertz CT molecular complexity index is 759. The highest BCUT2D eigenvalue weighted by molar-refractivity contribution is 6.33. The van der Waals surface area contributed by atoms with Gasteiger partial charge in [-0.2, -0.15) is 0 Å². The molecular formula is C19H21ClN2O2. The van der Waals surface area contributed by atoms with E-state index in [0.29, 0.717) is 17.3 Å². The summed E-state index contributed by atoms with van der Waals surface area (Å²) in [5.41, 5.74) is 3.57. The van der Waals surface area contributed by atoms with Crippen LogP contribution in [0, 0.1) is 13.8 Å². The second-order valence-corrected chi connectivity index (χ2v) is 6.07. The van der Waals surface area contributed by atoms with Crippen molar-refractivity contribution in [1.82, 2.24) is 0 Å². The predicted octanol–water partition coefficient (Wildman–Crippen LogP) is 4.34. The van der Waals surface area contributed by atoms with Crippen LogP contribution >= 0.6 is 11.6 Å². The zero-order valence-electron chi connectivity index (χ0n) is 14.1. The molecular weight excluding hydrogens is 324 g/mol. The minimum absolute atomic E-state index is 0.0887. The second-order valence-electron chi connectivity index (χ2n) is 5.67. The Hall–Kier alpha value is -2.33. The molecule has 2 aromatic carbocycles. The van der Waals surface area contributed by atoms with E-state index in [2.05, 4.69) is 5.32 Å². The lowest BCUT2D eigenvalue weighted by atomic mass is 10.1. The van der Waals surface area contributed by atoms with Crippen LogP contribution < -0.4 is 10.2 Å². The lowest BCUT2D eigenvalue weighted by molar-refractivity contribution is -0.117. The molecule has 0 aliphatic heterocycles. The Morgan fingerprint density at radius 3 is 2.46 bits per heavy atom. The first-order chi connectivity index (χ1) is 11.4. The van der Waals surface area contributed by atoms with E-state index in [1.165, 1.54) is 6.92 Å². The highest BCUT2D eigenvalue weighted by Crippen LogP contribution is 2.24. The average Bonchev–Trinajstić information content (AvgIpc) is 2.53. The van der Waals surface area contributed by atoms with Crippen LogP contribution in [0.15, 0.2) is 42.5 Å². The van der Waals surface area contributed by atoms with E-state index in [-0.39, 0.29) is 18.2 Å². The number of rotatable bonds is 5. The summed E-state index contributed by atoms with van der Waals surface area (Å²) < 4.78 is 0. The minimum Gasteiger partial charge on any atom is -0.325 e. The topological polar surface area (TPSA) is 49.4 Å². The standard InChI is InChI=1S/C19H21ClN2O2/c1-13-7-6-10-18(14(13)2)22(15(3)23)12-11-19(24)21-17-9-5-4-8-16(17)20/h4-10H,11-12H2,1-3H3,(H,21,24). The SMILES string of the molecule is CC(=O)N(CCC(=O)Nc1ccccc1Cl)c1cccc(C)c1C. The molecule has 0 unspecified atom stereocenters. The van der Waals surface area contributed by atoms with Gasteiger partial charge in [0.05, 0.1) is 10.7 Å². The number of carbonyl (C=O) groups is 2. The molecule has 0 bridgehead atoms. The van der Waals surface area contributed by atoms with E-state index in [4.69, 9.17) is 11.6 Å². The number of halogens is 1. The maximum atomic E-state index is 12.2.